The molecule has 0 radical (unpaired) electrons. The van der Waals surface area contributed by atoms with Crippen LogP contribution in [0.1, 0.15) is 5.56 Å². The maximum Gasteiger partial charge on any atom is 0.352 e. The van der Waals surface area contributed by atoms with E-state index < -0.39 is 4.92 Å². The van der Waals surface area contributed by atoms with Crippen LogP contribution in [-0.2, 0) is 6.42 Å². The molecule has 0 unspecified atom stereocenters. The Morgan fingerprint density at radius 3 is 2.65 bits per heavy atom. The van der Waals surface area contributed by atoms with Crippen LogP contribution in [0.2, 0.25) is 0 Å². The molecule has 0 saturated heterocycles. The second-order valence-corrected chi connectivity index (χ2v) is 4.02. The zero-order chi connectivity index (χ0) is 14.5. The molecule has 1 aromatic carbocycles. The number of hydrogen-bond donors (Lipinski definition) is 2. The average Bonchev–Trinajstić information content (AvgIpc) is 2.40. The van der Waals surface area contributed by atoms with Gasteiger partial charge in [-0.25, -0.2) is 14.4 Å². The van der Waals surface area contributed by atoms with Crippen LogP contribution >= 0.6 is 0 Å². The second kappa shape index (κ2) is 5.91. The van der Waals surface area contributed by atoms with Crippen molar-refractivity contribution in [3.63, 3.8) is 0 Å². The lowest BCUT2D eigenvalue weighted by atomic mass is 10.1. The zero-order valence-corrected chi connectivity index (χ0v) is 10.4. The maximum atomic E-state index is 12.7. The van der Waals surface area contributed by atoms with E-state index >= 15 is 0 Å². The minimum atomic E-state index is -0.629. The van der Waals surface area contributed by atoms with Gasteiger partial charge in [-0.05, 0) is 24.1 Å². The summed E-state index contributed by atoms with van der Waals surface area (Å²) in [7, 11) is 0. The van der Waals surface area contributed by atoms with E-state index in [9.17, 15) is 14.5 Å². The van der Waals surface area contributed by atoms with Gasteiger partial charge in [-0.3, -0.25) is 10.1 Å². The normalized spacial score (nSPS) is 10.2. The predicted octanol–water partition coefficient (Wildman–Crippen LogP) is 1.76. The highest BCUT2D eigenvalue weighted by Gasteiger charge is 2.20. The fourth-order valence-electron chi connectivity index (χ4n) is 1.68. The minimum Gasteiger partial charge on any atom is -0.378 e. The van der Waals surface area contributed by atoms with Crippen molar-refractivity contribution in [1.29, 1.82) is 0 Å². The lowest BCUT2D eigenvalue weighted by Gasteiger charge is -2.06. The molecule has 0 atom stereocenters. The van der Waals surface area contributed by atoms with E-state index in [4.69, 9.17) is 5.73 Å². The molecule has 0 amide bonds. The van der Waals surface area contributed by atoms with Crippen LogP contribution in [0, 0.1) is 15.9 Å². The smallest absolute Gasteiger partial charge is 0.352 e. The van der Waals surface area contributed by atoms with Crippen molar-refractivity contribution in [3.05, 3.63) is 52.1 Å². The van der Waals surface area contributed by atoms with Crippen molar-refractivity contribution >= 4 is 17.3 Å². The van der Waals surface area contributed by atoms with E-state index in [0.717, 1.165) is 11.9 Å². The summed E-state index contributed by atoms with van der Waals surface area (Å²) in [6.07, 6.45) is 1.73. The van der Waals surface area contributed by atoms with E-state index in [2.05, 4.69) is 15.3 Å². The molecule has 0 spiro atoms. The van der Waals surface area contributed by atoms with Gasteiger partial charge in [0.25, 0.3) is 0 Å². The molecule has 0 saturated carbocycles. The number of nitro groups is 1. The first-order valence-corrected chi connectivity index (χ1v) is 5.81. The van der Waals surface area contributed by atoms with Gasteiger partial charge in [-0.2, -0.15) is 0 Å². The number of nitrogen functional groups attached to an aromatic ring is 1. The third-order valence-corrected chi connectivity index (χ3v) is 2.65. The molecule has 7 nitrogen and oxygen atoms in total. The summed E-state index contributed by atoms with van der Waals surface area (Å²) in [5.74, 6) is -0.417. The van der Waals surface area contributed by atoms with Gasteiger partial charge in [0.2, 0.25) is 11.6 Å². The second-order valence-electron chi connectivity index (χ2n) is 4.02. The van der Waals surface area contributed by atoms with Crippen molar-refractivity contribution < 1.29 is 9.31 Å². The van der Waals surface area contributed by atoms with Crippen LogP contribution in [-0.4, -0.2) is 21.4 Å². The predicted molar refractivity (Wildman–Crippen MR) is 71.7 cm³/mol. The molecule has 104 valence electrons. The van der Waals surface area contributed by atoms with Gasteiger partial charge >= 0.3 is 5.69 Å². The first kappa shape index (κ1) is 13.7. The first-order chi connectivity index (χ1) is 9.58. The molecule has 0 aliphatic carbocycles. The topological polar surface area (TPSA) is 107 Å². The van der Waals surface area contributed by atoms with Gasteiger partial charge in [0.05, 0.1) is 4.92 Å². The van der Waals surface area contributed by atoms with Crippen molar-refractivity contribution in [3.8, 4) is 0 Å². The number of halogens is 1. The monoisotopic (exact) mass is 277 g/mol. The molecule has 0 aliphatic rings. The average molecular weight is 277 g/mol. The molecule has 1 heterocycles. The standard InChI is InChI=1S/C12H12FN5O2/c13-9-3-1-8(2-4-9)5-6-15-12-10(18(19)20)11(14)16-7-17-12/h1-4,7H,5-6H2,(H3,14,15,16,17). The van der Waals surface area contributed by atoms with Crippen LogP contribution in [0.5, 0.6) is 0 Å². The third-order valence-electron chi connectivity index (χ3n) is 2.65. The summed E-state index contributed by atoms with van der Waals surface area (Å²) in [5, 5.41) is 13.7. The summed E-state index contributed by atoms with van der Waals surface area (Å²) >= 11 is 0. The molecule has 0 bridgehead atoms. The van der Waals surface area contributed by atoms with Crippen molar-refractivity contribution in [2.75, 3.05) is 17.6 Å². The van der Waals surface area contributed by atoms with Crippen LogP contribution in [0.25, 0.3) is 0 Å². The number of anilines is 2. The number of nitrogens with zero attached hydrogens (tertiary/aromatic N) is 3. The highest BCUT2D eigenvalue weighted by molar-refractivity contribution is 5.67. The molecule has 0 aliphatic heterocycles. The molecule has 2 aromatic rings. The quantitative estimate of drug-likeness (QED) is 0.637. The van der Waals surface area contributed by atoms with Crippen molar-refractivity contribution in [2.45, 2.75) is 6.42 Å². The van der Waals surface area contributed by atoms with Crippen LogP contribution in [0.4, 0.5) is 21.7 Å². The summed E-state index contributed by atoms with van der Waals surface area (Å²) < 4.78 is 12.7. The Labute approximate surface area is 113 Å². The molecule has 1 aromatic heterocycles. The molecule has 8 heteroatoms. The highest BCUT2D eigenvalue weighted by atomic mass is 19.1. The van der Waals surface area contributed by atoms with Crippen LogP contribution in [0.3, 0.4) is 0 Å². The van der Waals surface area contributed by atoms with E-state index in [-0.39, 0.29) is 23.1 Å². The van der Waals surface area contributed by atoms with E-state index in [1.807, 2.05) is 0 Å². The third kappa shape index (κ3) is 3.16. The highest BCUT2D eigenvalue weighted by Crippen LogP contribution is 2.25. The van der Waals surface area contributed by atoms with Crippen LogP contribution < -0.4 is 11.1 Å². The van der Waals surface area contributed by atoms with Gasteiger partial charge in [-0.15, -0.1) is 0 Å². The van der Waals surface area contributed by atoms with Gasteiger partial charge in [0, 0.05) is 6.54 Å². The summed E-state index contributed by atoms with van der Waals surface area (Å²) in [4.78, 5) is 17.6. The Kier molecular flexibility index (Phi) is 4.04. The largest absolute Gasteiger partial charge is 0.378 e. The van der Waals surface area contributed by atoms with Crippen LogP contribution in [0.15, 0.2) is 30.6 Å². The summed E-state index contributed by atoms with van der Waals surface area (Å²) in [6.45, 7) is 0.406. The van der Waals surface area contributed by atoms with E-state index in [1.165, 1.54) is 12.1 Å². The van der Waals surface area contributed by atoms with Gasteiger partial charge in [0.1, 0.15) is 12.1 Å². The van der Waals surface area contributed by atoms with Gasteiger partial charge < -0.3 is 11.1 Å². The Morgan fingerprint density at radius 1 is 1.30 bits per heavy atom. The van der Waals surface area contributed by atoms with E-state index in [1.54, 1.807) is 12.1 Å². The Bertz CT molecular complexity index is 618. The molecular formula is C12H12FN5O2. The first-order valence-electron chi connectivity index (χ1n) is 5.81. The molecule has 0 fully saturated rings. The fourth-order valence-corrected chi connectivity index (χ4v) is 1.68. The number of aromatic nitrogens is 2. The molecule has 2 rings (SSSR count). The Balaban J connectivity index is 2.02. The van der Waals surface area contributed by atoms with Gasteiger partial charge in [0.15, 0.2) is 0 Å². The number of nitrogens with one attached hydrogen (secondary N) is 1. The SMILES string of the molecule is Nc1ncnc(NCCc2ccc(F)cc2)c1[N+](=O)[O-]. The van der Waals surface area contributed by atoms with Crippen molar-refractivity contribution in [2.24, 2.45) is 0 Å². The number of benzene rings is 1. The zero-order valence-electron chi connectivity index (χ0n) is 10.4. The Morgan fingerprint density at radius 2 is 2.00 bits per heavy atom. The number of nitrogens with two attached hydrogens (primary N) is 1. The molecule has 3 N–H and O–H groups in total. The lowest BCUT2D eigenvalue weighted by Crippen LogP contribution is -2.10. The maximum absolute atomic E-state index is 12.7. The fraction of sp³-hybridized carbons (Fsp3) is 0.167. The summed E-state index contributed by atoms with van der Waals surface area (Å²) in [6, 6.07) is 6.03. The lowest BCUT2D eigenvalue weighted by molar-refractivity contribution is -0.383. The number of hydrogen-bond acceptors (Lipinski definition) is 6. The van der Waals surface area contributed by atoms with E-state index in [0.29, 0.717) is 13.0 Å². The molecular weight excluding hydrogens is 265 g/mol. The summed E-state index contributed by atoms with van der Waals surface area (Å²) in [5.41, 5.74) is 6.01. The Hall–Kier alpha value is -2.77. The van der Waals surface area contributed by atoms with Crippen molar-refractivity contribution in [1.82, 2.24) is 9.97 Å². The molecule has 20 heavy (non-hydrogen) atoms. The minimum absolute atomic E-state index is 0.0737. The van der Waals surface area contributed by atoms with Gasteiger partial charge in [-0.1, -0.05) is 12.1 Å². The number of rotatable bonds is 5.